The molecule has 0 fully saturated rings. The summed E-state index contributed by atoms with van der Waals surface area (Å²) in [6.45, 7) is 3.59. The van der Waals surface area contributed by atoms with E-state index in [2.05, 4.69) is 25.9 Å². The minimum Gasteiger partial charge on any atom is -0.383 e. The molecule has 0 bridgehead atoms. The molecule has 0 unspecified atom stereocenters. The summed E-state index contributed by atoms with van der Waals surface area (Å²) in [6.07, 6.45) is 1.16. The number of aryl methyl sites for hydroxylation is 1. The molecule has 1 rings (SSSR count). The molecule has 7 heteroatoms. The first-order valence-corrected chi connectivity index (χ1v) is 6.74. The number of amides is 1. The monoisotopic (exact) mass is 281 g/mol. The van der Waals surface area contributed by atoms with E-state index in [1.165, 1.54) is 0 Å². The Morgan fingerprint density at radius 1 is 1.30 bits per heavy atom. The number of nitrogens with zero attached hydrogens (tertiary/aromatic N) is 2. The Morgan fingerprint density at radius 3 is 2.70 bits per heavy atom. The van der Waals surface area contributed by atoms with E-state index < -0.39 is 0 Å². The van der Waals surface area contributed by atoms with Crippen LogP contribution in [0.2, 0.25) is 0 Å². The van der Waals surface area contributed by atoms with Crippen molar-refractivity contribution in [1.29, 1.82) is 0 Å². The number of hydrogen-bond acceptors (Lipinski definition) is 6. The number of methoxy groups -OCH3 is 1. The van der Waals surface area contributed by atoms with Crippen LogP contribution in [0.1, 0.15) is 19.2 Å². The van der Waals surface area contributed by atoms with Gasteiger partial charge >= 0.3 is 0 Å². The van der Waals surface area contributed by atoms with E-state index in [1.54, 1.807) is 7.11 Å². The SMILES string of the molecule is CCc1nc(NC)cc(NCCC(=O)NCCOC)n1. The molecule has 0 saturated heterocycles. The summed E-state index contributed by atoms with van der Waals surface area (Å²) in [5, 5.41) is 8.89. The molecule has 0 radical (unpaired) electrons. The van der Waals surface area contributed by atoms with Gasteiger partial charge in [0.2, 0.25) is 5.91 Å². The topological polar surface area (TPSA) is 88.2 Å². The lowest BCUT2D eigenvalue weighted by Crippen LogP contribution is -2.28. The van der Waals surface area contributed by atoms with Gasteiger partial charge in [0.1, 0.15) is 17.5 Å². The third kappa shape index (κ3) is 5.83. The third-order valence-electron chi connectivity index (χ3n) is 2.63. The van der Waals surface area contributed by atoms with Crippen LogP contribution in [-0.2, 0) is 16.0 Å². The van der Waals surface area contributed by atoms with Crippen molar-refractivity contribution in [3.63, 3.8) is 0 Å². The highest BCUT2D eigenvalue weighted by atomic mass is 16.5. The minimum atomic E-state index is -0.00633. The summed E-state index contributed by atoms with van der Waals surface area (Å²) < 4.78 is 4.86. The van der Waals surface area contributed by atoms with Crippen LogP contribution in [0, 0.1) is 0 Å². The number of rotatable bonds is 9. The van der Waals surface area contributed by atoms with Crippen LogP contribution in [0.3, 0.4) is 0 Å². The fraction of sp³-hybridized carbons (Fsp3) is 0.615. The molecular weight excluding hydrogens is 258 g/mol. The van der Waals surface area contributed by atoms with Gasteiger partial charge < -0.3 is 20.7 Å². The lowest BCUT2D eigenvalue weighted by Gasteiger charge is -2.09. The van der Waals surface area contributed by atoms with Gasteiger partial charge in [0, 0.05) is 46.2 Å². The van der Waals surface area contributed by atoms with Crippen LogP contribution >= 0.6 is 0 Å². The molecule has 0 aliphatic rings. The standard InChI is InChI=1S/C13H23N5O2/c1-4-10-17-11(14-2)9-12(18-10)15-6-5-13(19)16-7-8-20-3/h9H,4-8H2,1-3H3,(H,16,19)(H2,14,15,17,18). The van der Waals surface area contributed by atoms with E-state index in [1.807, 2.05) is 20.0 Å². The summed E-state index contributed by atoms with van der Waals surface area (Å²) in [4.78, 5) is 20.2. The quantitative estimate of drug-likeness (QED) is 0.576. The van der Waals surface area contributed by atoms with Crippen LogP contribution in [0.25, 0.3) is 0 Å². The molecule has 1 amide bonds. The predicted octanol–water partition coefficient (Wildman–Crippen LogP) is 0.645. The lowest BCUT2D eigenvalue weighted by atomic mass is 10.3. The Balaban J connectivity index is 2.39. The Morgan fingerprint density at radius 2 is 2.05 bits per heavy atom. The van der Waals surface area contributed by atoms with E-state index in [9.17, 15) is 4.79 Å². The first kappa shape index (κ1) is 16.2. The molecule has 0 atom stereocenters. The molecule has 0 saturated carbocycles. The molecule has 20 heavy (non-hydrogen) atoms. The van der Waals surface area contributed by atoms with Crippen molar-refractivity contribution in [3.05, 3.63) is 11.9 Å². The first-order valence-electron chi connectivity index (χ1n) is 6.74. The first-order chi connectivity index (χ1) is 9.69. The number of carbonyl (C=O) groups is 1. The van der Waals surface area contributed by atoms with E-state index in [4.69, 9.17) is 4.74 Å². The Labute approximate surface area is 119 Å². The summed E-state index contributed by atoms with van der Waals surface area (Å²) in [5.74, 6) is 2.26. The molecule has 1 heterocycles. The Hall–Kier alpha value is -1.89. The molecule has 0 aliphatic heterocycles. The predicted molar refractivity (Wildman–Crippen MR) is 78.9 cm³/mol. The summed E-state index contributed by atoms with van der Waals surface area (Å²) >= 11 is 0. The highest BCUT2D eigenvalue weighted by Crippen LogP contribution is 2.11. The maximum Gasteiger partial charge on any atom is 0.221 e. The van der Waals surface area contributed by atoms with Crippen LogP contribution < -0.4 is 16.0 Å². The molecule has 1 aromatic heterocycles. The maximum absolute atomic E-state index is 11.5. The number of aromatic nitrogens is 2. The second-order valence-electron chi connectivity index (χ2n) is 4.18. The van der Waals surface area contributed by atoms with Crippen LogP contribution in [0.15, 0.2) is 6.07 Å². The highest BCUT2D eigenvalue weighted by molar-refractivity contribution is 5.76. The van der Waals surface area contributed by atoms with Gasteiger partial charge in [-0.2, -0.15) is 0 Å². The van der Waals surface area contributed by atoms with Crippen LogP contribution in [-0.4, -0.2) is 49.7 Å². The van der Waals surface area contributed by atoms with Crippen molar-refractivity contribution in [1.82, 2.24) is 15.3 Å². The van der Waals surface area contributed by atoms with E-state index in [0.29, 0.717) is 26.1 Å². The van der Waals surface area contributed by atoms with Gasteiger partial charge in [-0.25, -0.2) is 9.97 Å². The molecular formula is C13H23N5O2. The molecule has 112 valence electrons. The van der Waals surface area contributed by atoms with Gasteiger partial charge in [0.15, 0.2) is 0 Å². The summed E-state index contributed by atoms with van der Waals surface area (Å²) in [6, 6.07) is 1.82. The van der Waals surface area contributed by atoms with Gasteiger partial charge in [0.25, 0.3) is 0 Å². The van der Waals surface area contributed by atoms with Crippen molar-refractivity contribution in [2.75, 3.05) is 44.5 Å². The van der Waals surface area contributed by atoms with Crippen molar-refractivity contribution in [3.8, 4) is 0 Å². The zero-order valence-electron chi connectivity index (χ0n) is 12.3. The number of anilines is 2. The largest absolute Gasteiger partial charge is 0.383 e. The lowest BCUT2D eigenvalue weighted by molar-refractivity contribution is -0.121. The fourth-order valence-corrected chi connectivity index (χ4v) is 1.56. The average molecular weight is 281 g/mol. The van der Waals surface area contributed by atoms with Gasteiger partial charge in [-0.1, -0.05) is 6.92 Å². The Kier molecular flexibility index (Phi) is 7.34. The van der Waals surface area contributed by atoms with Crippen LogP contribution in [0.4, 0.5) is 11.6 Å². The number of hydrogen-bond donors (Lipinski definition) is 3. The molecule has 0 spiro atoms. The van der Waals surface area contributed by atoms with Gasteiger partial charge in [-0.05, 0) is 0 Å². The van der Waals surface area contributed by atoms with Crippen molar-refractivity contribution in [2.24, 2.45) is 0 Å². The molecule has 3 N–H and O–H groups in total. The van der Waals surface area contributed by atoms with Crippen LogP contribution in [0.5, 0.6) is 0 Å². The highest BCUT2D eigenvalue weighted by Gasteiger charge is 2.04. The molecule has 1 aromatic rings. The minimum absolute atomic E-state index is 0.00633. The summed E-state index contributed by atoms with van der Waals surface area (Å²) in [5.41, 5.74) is 0. The third-order valence-corrected chi connectivity index (χ3v) is 2.63. The molecule has 0 aliphatic carbocycles. The van der Waals surface area contributed by atoms with E-state index in [0.717, 1.165) is 23.9 Å². The summed E-state index contributed by atoms with van der Waals surface area (Å²) in [7, 11) is 3.42. The van der Waals surface area contributed by atoms with Crippen molar-refractivity contribution >= 4 is 17.5 Å². The molecule has 0 aromatic carbocycles. The zero-order chi connectivity index (χ0) is 14.8. The number of ether oxygens (including phenoxy) is 1. The zero-order valence-corrected chi connectivity index (χ0v) is 12.3. The fourth-order valence-electron chi connectivity index (χ4n) is 1.56. The normalized spacial score (nSPS) is 10.2. The molecule has 7 nitrogen and oxygen atoms in total. The van der Waals surface area contributed by atoms with Gasteiger partial charge in [0.05, 0.1) is 6.61 Å². The van der Waals surface area contributed by atoms with Crippen molar-refractivity contribution < 1.29 is 9.53 Å². The number of nitrogens with one attached hydrogen (secondary N) is 3. The maximum atomic E-state index is 11.5. The van der Waals surface area contributed by atoms with Gasteiger partial charge in [-0.3, -0.25) is 4.79 Å². The second kappa shape index (κ2) is 9.08. The van der Waals surface area contributed by atoms with E-state index >= 15 is 0 Å². The smallest absolute Gasteiger partial charge is 0.221 e. The second-order valence-corrected chi connectivity index (χ2v) is 4.18. The van der Waals surface area contributed by atoms with Crippen molar-refractivity contribution in [2.45, 2.75) is 19.8 Å². The number of carbonyl (C=O) groups excluding carboxylic acids is 1. The van der Waals surface area contributed by atoms with Gasteiger partial charge in [-0.15, -0.1) is 0 Å². The van der Waals surface area contributed by atoms with E-state index in [-0.39, 0.29) is 5.91 Å². The Bertz CT molecular complexity index is 403. The average Bonchev–Trinajstić information content (AvgIpc) is 2.47.